The number of nitrogens with zero attached hydrogens (tertiary/aromatic N) is 1. The van der Waals surface area contributed by atoms with Crippen LogP contribution in [-0.2, 0) is 11.0 Å². The molecular weight excluding hydrogens is 305 g/mol. The molecule has 2 aromatic rings. The zero-order chi connectivity index (χ0) is 17.0. The molecule has 3 nitrogen and oxygen atoms in total. The fraction of sp³-hybridized carbons (Fsp3) is 0.176. The van der Waals surface area contributed by atoms with Gasteiger partial charge in [0.15, 0.2) is 0 Å². The van der Waals surface area contributed by atoms with Crippen molar-refractivity contribution in [3.63, 3.8) is 0 Å². The van der Waals surface area contributed by atoms with Crippen LogP contribution in [0.3, 0.4) is 0 Å². The fourth-order valence-electron chi connectivity index (χ4n) is 2.18. The Hall–Kier alpha value is -2.63. The van der Waals surface area contributed by atoms with E-state index in [1.807, 2.05) is 0 Å². The van der Waals surface area contributed by atoms with Crippen LogP contribution in [0.2, 0.25) is 0 Å². The Bertz CT molecular complexity index is 709. The van der Waals surface area contributed by atoms with E-state index in [1.165, 1.54) is 6.20 Å². The third-order valence-corrected chi connectivity index (χ3v) is 3.39. The van der Waals surface area contributed by atoms with Gasteiger partial charge < -0.3 is 5.32 Å². The van der Waals surface area contributed by atoms with Gasteiger partial charge >= 0.3 is 6.18 Å². The number of halogens is 3. The van der Waals surface area contributed by atoms with Gasteiger partial charge in [0.05, 0.1) is 11.6 Å². The van der Waals surface area contributed by atoms with Crippen molar-refractivity contribution >= 4 is 5.91 Å². The summed E-state index contributed by atoms with van der Waals surface area (Å²) in [5, 5.41) is 2.69. The molecule has 1 aromatic heterocycles. The summed E-state index contributed by atoms with van der Waals surface area (Å²) in [4.78, 5) is 15.1. The van der Waals surface area contributed by atoms with Gasteiger partial charge in [-0.15, -0.1) is 0 Å². The molecule has 0 aliphatic heterocycles. The molecule has 0 aliphatic carbocycles. The monoisotopic (exact) mass is 320 g/mol. The molecule has 1 heterocycles. The summed E-state index contributed by atoms with van der Waals surface area (Å²) < 4.78 is 39.1. The summed E-state index contributed by atoms with van der Waals surface area (Å²) in [6.45, 7) is 5.15. The number of rotatable bonds is 4. The number of pyridine rings is 1. The first-order valence-electron chi connectivity index (χ1n) is 6.87. The highest BCUT2D eigenvalue weighted by molar-refractivity contribution is 5.87. The highest BCUT2D eigenvalue weighted by Crippen LogP contribution is 2.36. The van der Waals surface area contributed by atoms with Crippen molar-refractivity contribution in [2.75, 3.05) is 0 Å². The second kappa shape index (κ2) is 6.64. The minimum Gasteiger partial charge on any atom is -0.346 e. The van der Waals surface area contributed by atoms with E-state index < -0.39 is 11.7 Å². The van der Waals surface area contributed by atoms with Crippen molar-refractivity contribution in [1.82, 2.24) is 10.3 Å². The minimum absolute atomic E-state index is 0.0225. The number of hydrogen-bond donors (Lipinski definition) is 1. The molecule has 0 saturated heterocycles. The van der Waals surface area contributed by atoms with E-state index in [0.717, 1.165) is 23.9 Å². The maximum Gasteiger partial charge on any atom is 0.417 e. The molecule has 0 radical (unpaired) electrons. The van der Waals surface area contributed by atoms with Crippen LogP contribution < -0.4 is 5.32 Å². The number of carbonyl (C=O) groups excluding carboxylic acids is 1. The van der Waals surface area contributed by atoms with Gasteiger partial charge in [0.25, 0.3) is 0 Å². The molecule has 1 N–H and O–H groups in total. The van der Waals surface area contributed by atoms with Crippen molar-refractivity contribution in [2.45, 2.75) is 19.1 Å². The van der Waals surface area contributed by atoms with Gasteiger partial charge in [-0.1, -0.05) is 30.8 Å². The molecule has 1 amide bonds. The van der Waals surface area contributed by atoms with E-state index in [9.17, 15) is 18.0 Å². The average molecular weight is 320 g/mol. The normalized spacial score (nSPS) is 12.5. The number of amides is 1. The first-order valence-corrected chi connectivity index (χ1v) is 6.87. The predicted molar refractivity (Wildman–Crippen MR) is 81.4 cm³/mol. The Morgan fingerprint density at radius 3 is 2.48 bits per heavy atom. The van der Waals surface area contributed by atoms with Crippen LogP contribution in [0.1, 0.15) is 24.1 Å². The SMILES string of the molecule is C=CC(=O)N[C@H](C)c1ccc(-c2cnccc2C(F)(F)F)cc1. The van der Waals surface area contributed by atoms with Crippen LogP contribution in [0.5, 0.6) is 0 Å². The van der Waals surface area contributed by atoms with Crippen LogP contribution in [0, 0.1) is 0 Å². The van der Waals surface area contributed by atoms with Gasteiger partial charge in [-0.2, -0.15) is 13.2 Å². The molecule has 0 saturated carbocycles. The van der Waals surface area contributed by atoms with Gasteiger partial charge in [0, 0.05) is 18.0 Å². The van der Waals surface area contributed by atoms with Crippen molar-refractivity contribution < 1.29 is 18.0 Å². The second-order valence-corrected chi connectivity index (χ2v) is 4.98. The van der Waals surface area contributed by atoms with E-state index in [4.69, 9.17) is 0 Å². The first kappa shape index (κ1) is 16.7. The van der Waals surface area contributed by atoms with Crippen molar-refractivity contribution in [3.8, 4) is 11.1 Å². The Labute approximate surface area is 131 Å². The lowest BCUT2D eigenvalue weighted by molar-refractivity contribution is -0.137. The minimum atomic E-state index is -4.44. The highest BCUT2D eigenvalue weighted by Gasteiger charge is 2.33. The first-order chi connectivity index (χ1) is 10.8. The quantitative estimate of drug-likeness (QED) is 0.861. The molecule has 1 atom stereocenters. The van der Waals surface area contributed by atoms with Crippen LogP contribution >= 0.6 is 0 Å². The van der Waals surface area contributed by atoms with Gasteiger partial charge in [0.1, 0.15) is 0 Å². The van der Waals surface area contributed by atoms with Crippen molar-refractivity contribution in [1.29, 1.82) is 0 Å². The highest BCUT2D eigenvalue weighted by atomic mass is 19.4. The summed E-state index contributed by atoms with van der Waals surface area (Å²) in [5.74, 6) is -0.312. The Morgan fingerprint density at radius 1 is 1.26 bits per heavy atom. The summed E-state index contributed by atoms with van der Waals surface area (Å²) in [5.41, 5.74) is 0.486. The second-order valence-electron chi connectivity index (χ2n) is 4.98. The summed E-state index contributed by atoms with van der Waals surface area (Å²) in [6, 6.07) is 7.20. The Morgan fingerprint density at radius 2 is 1.91 bits per heavy atom. The van der Waals surface area contributed by atoms with E-state index in [-0.39, 0.29) is 17.5 Å². The fourth-order valence-corrected chi connectivity index (χ4v) is 2.18. The molecule has 120 valence electrons. The van der Waals surface area contributed by atoms with Gasteiger partial charge in [-0.05, 0) is 30.2 Å². The average Bonchev–Trinajstić information content (AvgIpc) is 2.54. The zero-order valence-electron chi connectivity index (χ0n) is 12.4. The van der Waals surface area contributed by atoms with E-state index >= 15 is 0 Å². The summed E-state index contributed by atoms with van der Waals surface area (Å²) >= 11 is 0. The van der Waals surface area contributed by atoms with E-state index in [2.05, 4.69) is 16.9 Å². The summed E-state index contributed by atoms with van der Waals surface area (Å²) in [7, 11) is 0. The number of benzene rings is 1. The van der Waals surface area contributed by atoms with E-state index in [1.54, 1.807) is 31.2 Å². The molecule has 0 bridgehead atoms. The third-order valence-electron chi connectivity index (χ3n) is 3.39. The molecule has 1 aromatic carbocycles. The lowest BCUT2D eigenvalue weighted by atomic mass is 9.99. The van der Waals surface area contributed by atoms with Crippen molar-refractivity contribution in [2.24, 2.45) is 0 Å². The lowest BCUT2D eigenvalue weighted by Gasteiger charge is -2.15. The molecule has 2 rings (SSSR count). The Kier molecular flexibility index (Phi) is 4.83. The molecule has 6 heteroatoms. The molecule has 0 unspecified atom stereocenters. The summed E-state index contributed by atoms with van der Waals surface area (Å²) in [6.07, 6.45) is -0.966. The van der Waals surface area contributed by atoms with Crippen LogP contribution in [0.15, 0.2) is 55.4 Å². The molecule has 0 aliphatic rings. The number of aromatic nitrogens is 1. The molecule has 0 spiro atoms. The smallest absolute Gasteiger partial charge is 0.346 e. The lowest BCUT2D eigenvalue weighted by Crippen LogP contribution is -2.24. The third kappa shape index (κ3) is 3.97. The number of alkyl halides is 3. The molecule has 0 fully saturated rings. The van der Waals surface area contributed by atoms with Crippen LogP contribution in [0.25, 0.3) is 11.1 Å². The van der Waals surface area contributed by atoms with Gasteiger partial charge in [-0.25, -0.2) is 0 Å². The predicted octanol–water partition coefficient (Wildman–Crippen LogP) is 4.13. The topological polar surface area (TPSA) is 42.0 Å². The molecular formula is C17H15F3N2O. The Balaban J connectivity index is 2.31. The number of hydrogen-bond acceptors (Lipinski definition) is 2. The standard InChI is InChI=1S/C17H15F3N2O/c1-3-16(23)22-11(2)12-4-6-13(7-5-12)14-10-21-9-8-15(14)17(18,19)20/h3-11H,1H2,2H3,(H,22,23)/t11-/m1/s1. The maximum atomic E-state index is 13.0. The largest absolute Gasteiger partial charge is 0.417 e. The van der Waals surface area contributed by atoms with Gasteiger partial charge in [-0.3, -0.25) is 9.78 Å². The maximum absolute atomic E-state index is 13.0. The van der Waals surface area contributed by atoms with Gasteiger partial charge in [0.2, 0.25) is 5.91 Å². The number of nitrogens with one attached hydrogen (secondary N) is 1. The van der Waals surface area contributed by atoms with Crippen LogP contribution in [0.4, 0.5) is 13.2 Å². The van der Waals surface area contributed by atoms with E-state index in [0.29, 0.717) is 5.56 Å². The number of carbonyl (C=O) groups is 1. The van der Waals surface area contributed by atoms with Crippen molar-refractivity contribution in [3.05, 3.63) is 66.5 Å². The molecule has 23 heavy (non-hydrogen) atoms. The van der Waals surface area contributed by atoms with Crippen LogP contribution in [-0.4, -0.2) is 10.9 Å². The zero-order valence-corrected chi connectivity index (χ0v) is 12.4.